The van der Waals surface area contributed by atoms with Crippen molar-refractivity contribution in [2.24, 2.45) is 28.6 Å². The third kappa shape index (κ3) is 6.02. The Morgan fingerprint density at radius 3 is 2.50 bits per heavy atom. The topological polar surface area (TPSA) is 177 Å². The number of hydrogen-bond acceptors (Lipinski definition) is 10. The molecule has 4 N–H and O–H groups in total. The van der Waals surface area contributed by atoms with Gasteiger partial charge in [0.25, 0.3) is 0 Å². The van der Waals surface area contributed by atoms with E-state index in [2.05, 4.69) is 12.2 Å². The summed E-state index contributed by atoms with van der Waals surface area (Å²) in [6.07, 6.45) is 6.24. The number of phenols is 1. The highest BCUT2D eigenvalue weighted by Gasteiger charge is 2.68. The van der Waals surface area contributed by atoms with Gasteiger partial charge in [0.1, 0.15) is 17.4 Å². The van der Waals surface area contributed by atoms with E-state index in [0.717, 1.165) is 12.0 Å². The van der Waals surface area contributed by atoms with Crippen LogP contribution in [0.2, 0.25) is 0 Å². The average molecular weight is 638 g/mol. The predicted molar refractivity (Wildman–Crippen MR) is 164 cm³/mol. The summed E-state index contributed by atoms with van der Waals surface area (Å²) in [5.74, 6) is -2.83. The minimum absolute atomic E-state index is 0.0389. The molecule has 1 aromatic rings. The zero-order valence-electron chi connectivity index (χ0n) is 26.5. The number of aromatic hydroxyl groups is 1. The number of phenolic OH excluding ortho intramolecular Hbond substituents is 1. The molecule has 1 aromatic carbocycles. The van der Waals surface area contributed by atoms with Crippen molar-refractivity contribution in [2.45, 2.75) is 83.0 Å². The fraction of sp³-hybridized carbons (Fsp3) is 0.571. The van der Waals surface area contributed by atoms with E-state index >= 15 is 0 Å². The summed E-state index contributed by atoms with van der Waals surface area (Å²) in [4.78, 5) is 62.9. The van der Waals surface area contributed by atoms with Crippen LogP contribution in [0.1, 0.15) is 64.4 Å². The van der Waals surface area contributed by atoms with Gasteiger partial charge in [-0.3, -0.25) is 19.2 Å². The molecule has 3 fully saturated rings. The van der Waals surface area contributed by atoms with Crippen LogP contribution in [0.4, 0.5) is 0 Å². The number of ether oxygens (including phenoxy) is 2. The molecule has 8 atom stereocenters. The highest BCUT2D eigenvalue weighted by Crippen LogP contribution is 2.67. The number of allylic oxidation sites excluding steroid dienone is 4. The van der Waals surface area contributed by atoms with Crippen LogP contribution in [-0.2, 0) is 39.9 Å². The standard InChI is InChI=1S/C35H43NO10/c1-33-14-12-23(38)17-21(33)6-9-24-25-13-15-35(44,34(25,2)18-27(39)31(24)33)28(40)19-46-30(42)11-10-29(41)36-26(32(43)45-3)16-20-4-7-22(37)8-5-20/h4-5,7-8,12,14,17,24-27,31,37,39,44H,6,9-11,13,15-16,18-19H2,1-3H3,(H,36,41)/t24-,25-,26-,27-,31-,33-,34-,35-/m0/s1. The third-order valence-electron chi connectivity index (χ3n) is 11.2. The van der Waals surface area contributed by atoms with E-state index < -0.39 is 58.8 Å². The number of aliphatic hydroxyl groups is 2. The van der Waals surface area contributed by atoms with Crippen LogP contribution in [0.3, 0.4) is 0 Å². The molecular formula is C35H43NO10. The van der Waals surface area contributed by atoms with Gasteiger partial charge in [0.2, 0.25) is 11.7 Å². The van der Waals surface area contributed by atoms with E-state index in [0.29, 0.717) is 18.4 Å². The summed E-state index contributed by atoms with van der Waals surface area (Å²) in [7, 11) is 1.19. The molecule has 46 heavy (non-hydrogen) atoms. The number of fused-ring (bicyclic) bond motifs is 5. The number of rotatable bonds is 10. The van der Waals surface area contributed by atoms with Gasteiger partial charge in [-0.1, -0.05) is 37.6 Å². The van der Waals surface area contributed by atoms with E-state index in [1.807, 2.05) is 13.0 Å². The van der Waals surface area contributed by atoms with Crippen LogP contribution in [0.15, 0.2) is 48.1 Å². The molecule has 0 aromatic heterocycles. The predicted octanol–water partition coefficient (Wildman–Crippen LogP) is 2.49. The summed E-state index contributed by atoms with van der Waals surface area (Å²) in [5, 5.41) is 35.4. The van der Waals surface area contributed by atoms with Crippen molar-refractivity contribution >= 4 is 29.4 Å². The van der Waals surface area contributed by atoms with Gasteiger partial charge in [-0.05, 0) is 73.8 Å². The summed E-state index contributed by atoms with van der Waals surface area (Å²) >= 11 is 0. The lowest BCUT2D eigenvalue weighted by Crippen LogP contribution is -2.61. The number of carbonyl (C=O) groups is 5. The molecule has 0 heterocycles. The van der Waals surface area contributed by atoms with Crippen molar-refractivity contribution in [3.8, 4) is 5.75 Å². The Hall–Kier alpha value is -3.83. The van der Waals surface area contributed by atoms with E-state index in [9.17, 15) is 39.3 Å². The molecule has 11 heteroatoms. The zero-order chi connectivity index (χ0) is 33.4. The number of carbonyl (C=O) groups excluding carboxylic acids is 5. The quantitative estimate of drug-likeness (QED) is 0.279. The van der Waals surface area contributed by atoms with Crippen molar-refractivity contribution in [3.05, 3.63) is 53.6 Å². The van der Waals surface area contributed by atoms with Crippen LogP contribution in [0.5, 0.6) is 5.75 Å². The maximum absolute atomic E-state index is 13.5. The first kappa shape index (κ1) is 33.5. The monoisotopic (exact) mass is 637 g/mol. The smallest absolute Gasteiger partial charge is 0.328 e. The SMILES string of the molecule is COC(=O)[C@H](Cc1ccc(O)cc1)NC(=O)CCC(=O)OCC(=O)[C@@]1(O)CC[C@H]2[C@@H]3CCC4=CC(=O)C=C[C@]4(C)[C@@H]3[C@@H](O)C[C@@]21C. The van der Waals surface area contributed by atoms with Crippen molar-refractivity contribution in [1.29, 1.82) is 0 Å². The number of methoxy groups -OCH3 is 1. The summed E-state index contributed by atoms with van der Waals surface area (Å²) in [6, 6.07) is 5.12. The Bertz CT molecular complexity index is 1470. The molecular weight excluding hydrogens is 594 g/mol. The maximum Gasteiger partial charge on any atom is 0.328 e. The molecule has 0 aliphatic heterocycles. The molecule has 0 bridgehead atoms. The molecule has 4 aliphatic carbocycles. The molecule has 0 radical (unpaired) electrons. The normalized spacial score (nSPS) is 33.5. The van der Waals surface area contributed by atoms with Gasteiger partial charge < -0.3 is 30.1 Å². The molecule has 5 rings (SSSR count). The van der Waals surface area contributed by atoms with Gasteiger partial charge >= 0.3 is 11.9 Å². The fourth-order valence-electron chi connectivity index (χ4n) is 8.81. The minimum atomic E-state index is -1.79. The van der Waals surface area contributed by atoms with E-state index in [1.54, 1.807) is 24.3 Å². The van der Waals surface area contributed by atoms with E-state index in [1.165, 1.54) is 19.2 Å². The number of nitrogens with one attached hydrogen (secondary N) is 1. The summed E-state index contributed by atoms with van der Waals surface area (Å²) in [6.45, 7) is 3.24. The van der Waals surface area contributed by atoms with Crippen LogP contribution in [0, 0.1) is 28.6 Å². The van der Waals surface area contributed by atoms with Crippen LogP contribution in [0.25, 0.3) is 0 Å². The van der Waals surface area contributed by atoms with Gasteiger partial charge in [-0.25, -0.2) is 4.79 Å². The molecule has 0 saturated heterocycles. The van der Waals surface area contributed by atoms with Crippen LogP contribution >= 0.6 is 0 Å². The first-order valence-corrected chi connectivity index (χ1v) is 15.9. The highest BCUT2D eigenvalue weighted by molar-refractivity contribution is 6.01. The first-order chi connectivity index (χ1) is 21.7. The molecule has 1 amide bonds. The number of amides is 1. The fourth-order valence-corrected chi connectivity index (χ4v) is 8.81. The summed E-state index contributed by atoms with van der Waals surface area (Å²) < 4.78 is 10.00. The lowest BCUT2D eigenvalue weighted by atomic mass is 9.46. The second-order valence-corrected chi connectivity index (χ2v) is 13.7. The molecule has 0 unspecified atom stereocenters. The van der Waals surface area contributed by atoms with E-state index in [4.69, 9.17) is 9.47 Å². The lowest BCUT2D eigenvalue weighted by Gasteiger charge is -2.59. The molecule has 4 aliphatic rings. The van der Waals surface area contributed by atoms with Gasteiger partial charge in [0, 0.05) is 29.6 Å². The maximum atomic E-state index is 13.5. The number of Topliss-reactive ketones (excluding diaryl/α,β-unsaturated/α-hetero) is 1. The van der Waals surface area contributed by atoms with Crippen molar-refractivity contribution in [1.82, 2.24) is 5.32 Å². The number of benzene rings is 1. The van der Waals surface area contributed by atoms with Gasteiger partial charge in [-0.2, -0.15) is 0 Å². The number of hydrogen-bond donors (Lipinski definition) is 4. The van der Waals surface area contributed by atoms with Gasteiger partial charge in [0.05, 0.1) is 19.6 Å². The second-order valence-electron chi connectivity index (χ2n) is 13.7. The largest absolute Gasteiger partial charge is 0.508 e. The second kappa shape index (κ2) is 12.8. The molecule has 11 nitrogen and oxygen atoms in total. The lowest BCUT2D eigenvalue weighted by molar-refractivity contribution is -0.181. The third-order valence-corrected chi connectivity index (χ3v) is 11.2. The highest BCUT2D eigenvalue weighted by atomic mass is 16.5. The Kier molecular flexibility index (Phi) is 9.30. The summed E-state index contributed by atoms with van der Waals surface area (Å²) in [5.41, 5.74) is -1.49. The number of aliphatic hydroxyl groups excluding tert-OH is 1. The minimum Gasteiger partial charge on any atom is -0.508 e. The molecule has 248 valence electrons. The number of esters is 2. The molecule has 3 saturated carbocycles. The Balaban J connectivity index is 1.16. The number of ketones is 2. The molecule has 0 spiro atoms. The van der Waals surface area contributed by atoms with Crippen LogP contribution in [-0.4, -0.2) is 76.2 Å². The van der Waals surface area contributed by atoms with Crippen LogP contribution < -0.4 is 5.32 Å². The van der Waals surface area contributed by atoms with Crippen molar-refractivity contribution in [2.75, 3.05) is 13.7 Å². The zero-order valence-corrected chi connectivity index (χ0v) is 26.5. The Morgan fingerprint density at radius 1 is 1.09 bits per heavy atom. The van der Waals surface area contributed by atoms with E-state index in [-0.39, 0.29) is 61.4 Å². The first-order valence-electron chi connectivity index (χ1n) is 15.9. The van der Waals surface area contributed by atoms with Gasteiger partial charge in [0.15, 0.2) is 12.4 Å². The Morgan fingerprint density at radius 2 is 1.80 bits per heavy atom. The van der Waals surface area contributed by atoms with Crippen molar-refractivity contribution < 1.29 is 48.8 Å². The Labute approximate surface area is 268 Å². The van der Waals surface area contributed by atoms with Crippen molar-refractivity contribution in [3.63, 3.8) is 0 Å². The average Bonchev–Trinajstić information content (AvgIpc) is 3.29. The van der Waals surface area contributed by atoms with Gasteiger partial charge in [-0.15, -0.1) is 0 Å².